The van der Waals surface area contributed by atoms with Crippen LogP contribution in [0.2, 0.25) is 10.0 Å². The standard InChI is InChI=1S/C29H33Cl2F2N3O3/c1-28(2,3)14-23-29(16-34,20-8-7-17(30)13-22(20)32)24(19-5-4-6-21(31)25(19)33)26-27(39)35(11-12-36(23)26)10-9-18(38)15-37/h4-8,13,18,23-24,26,37-38H,9-12,14-15H2,1-3H3/t18?,23-,24-,26+,29-/m0/s1. The summed E-state index contributed by atoms with van der Waals surface area (Å²) in [6.07, 6.45) is -0.407. The van der Waals surface area contributed by atoms with Crippen molar-refractivity contribution in [3.05, 3.63) is 69.2 Å². The summed E-state index contributed by atoms with van der Waals surface area (Å²) in [5, 5.41) is 30.1. The summed E-state index contributed by atoms with van der Waals surface area (Å²) in [7, 11) is 0. The smallest absolute Gasteiger partial charge is 0.240 e. The first kappa shape index (κ1) is 29.7. The third-order valence-corrected chi connectivity index (χ3v) is 8.44. The monoisotopic (exact) mass is 579 g/mol. The van der Waals surface area contributed by atoms with Crippen molar-refractivity contribution in [2.24, 2.45) is 5.41 Å². The summed E-state index contributed by atoms with van der Waals surface area (Å²) in [6.45, 7) is 6.43. The largest absolute Gasteiger partial charge is 0.394 e. The molecule has 1 amide bonds. The Morgan fingerprint density at radius 1 is 1.21 bits per heavy atom. The number of rotatable bonds is 7. The van der Waals surface area contributed by atoms with Crippen molar-refractivity contribution in [2.75, 3.05) is 26.2 Å². The molecule has 2 aromatic carbocycles. The Kier molecular flexibility index (Phi) is 8.61. The van der Waals surface area contributed by atoms with E-state index in [4.69, 9.17) is 23.2 Å². The fourth-order valence-electron chi connectivity index (χ4n) is 6.24. The Labute approximate surface area is 237 Å². The van der Waals surface area contributed by atoms with E-state index >= 15 is 8.78 Å². The molecule has 39 heavy (non-hydrogen) atoms. The quantitative estimate of drug-likeness (QED) is 0.487. The molecular formula is C29H33Cl2F2N3O3. The van der Waals surface area contributed by atoms with E-state index in [1.54, 1.807) is 11.0 Å². The fraction of sp³-hybridized carbons (Fsp3) is 0.517. The first-order chi connectivity index (χ1) is 18.4. The molecule has 10 heteroatoms. The number of piperazine rings is 1. The number of aliphatic hydroxyl groups is 2. The molecule has 2 heterocycles. The van der Waals surface area contributed by atoms with Crippen LogP contribution in [-0.2, 0) is 10.2 Å². The van der Waals surface area contributed by atoms with Crippen LogP contribution >= 0.6 is 23.2 Å². The highest BCUT2D eigenvalue weighted by Crippen LogP contribution is 2.57. The van der Waals surface area contributed by atoms with Gasteiger partial charge in [0.25, 0.3) is 0 Å². The number of carbonyl (C=O) groups is 1. The number of halogens is 4. The van der Waals surface area contributed by atoms with E-state index in [-0.39, 0.29) is 45.5 Å². The van der Waals surface area contributed by atoms with Crippen molar-refractivity contribution in [3.8, 4) is 6.07 Å². The van der Waals surface area contributed by atoms with E-state index in [0.29, 0.717) is 19.5 Å². The summed E-state index contributed by atoms with van der Waals surface area (Å²) in [4.78, 5) is 17.6. The lowest BCUT2D eigenvalue weighted by Gasteiger charge is -2.42. The number of nitrogens with zero attached hydrogens (tertiary/aromatic N) is 3. The van der Waals surface area contributed by atoms with E-state index < -0.39 is 47.8 Å². The molecule has 2 N–H and O–H groups in total. The van der Waals surface area contributed by atoms with Gasteiger partial charge in [0.05, 0.1) is 29.8 Å². The van der Waals surface area contributed by atoms with Gasteiger partial charge in [-0.05, 0) is 42.0 Å². The van der Waals surface area contributed by atoms with Crippen LogP contribution in [0.25, 0.3) is 0 Å². The van der Waals surface area contributed by atoms with Crippen molar-refractivity contribution in [2.45, 2.75) is 63.1 Å². The number of nitriles is 1. The molecule has 2 aliphatic rings. The molecule has 1 unspecified atom stereocenters. The number of aliphatic hydroxyl groups excluding tert-OH is 2. The zero-order valence-corrected chi connectivity index (χ0v) is 23.7. The lowest BCUT2D eigenvalue weighted by atomic mass is 9.62. The van der Waals surface area contributed by atoms with Crippen molar-refractivity contribution in [1.29, 1.82) is 5.26 Å². The van der Waals surface area contributed by atoms with Gasteiger partial charge >= 0.3 is 0 Å². The van der Waals surface area contributed by atoms with Crippen LogP contribution in [-0.4, -0.2) is 70.3 Å². The zero-order chi connectivity index (χ0) is 28.7. The van der Waals surface area contributed by atoms with Gasteiger partial charge in [-0.1, -0.05) is 62.2 Å². The maximum Gasteiger partial charge on any atom is 0.240 e. The maximum atomic E-state index is 15.8. The molecule has 5 atom stereocenters. The number of benzene rings is 2. The second kappa shape index (κ2) is 11.3. The van der Waals surface area contributed by atoms with E-state index in [0.717, 1.165) is 6.07 Å². The first-order valence-corrected chi connectivity index (χ1v) is 13.8. The molecule has 0 radical (unpaired) electrons. The molecule has 2 fully saturated rings. The van der Waals surface area contributed by atoms with Crippen LogP contribution in [0, 0.1) is 28.4 Å². The predicted molar refractivity (Wildman–Crippen MR) is 145 cm³/mol. The second-order valence-electron chi connectivity index (χ2n) is 11.6. The number of fused-ring (bicyclic) bond motifs is 1. The van der Waals surface area contributed by atoms with Gasteiger partial charge in [-0.15, -0.1) is 0 Å². The average molecular weight is 581 g/mol. The molecule has 0 spiro atoms. The molecule has 210 valence electrons. The van der Waals surface area contributed by atoms with Gasteiger partial charge in [0.2, 0.25) is 5.91 Å². The minimum atomic E-state index is -1.66. The van der Waals surface area contributed by atoms with Gasteiger partial charge in [-0.2, -0.15) is 5.26 Å². The SMILES string of the molecule is CC(C)(C)C[C@@H]1N2CCN(CCC(O)CO)C(=O)[C@H]2[C@H](c2cccc(Cl)c2F)[C@@]1(C#N)c1ccc(Cl)cc1F. The molecule has 0 aliphatic carbocycles. The first-order valence-electron chi connectivity index (χ1n) is 13.0. The fourth-order valence-corrected chi connectivity index (χ4v) is 6.59. The Morgan fingerprint density at radius 2 is 1.92 bits per heavy atom. The summed E-state index contributed by atoms with van der Waals surface area (Å²) in [6, 6.07) is 9.33. The highest BCUT2D eigenvalue weighted by atomic mass is 35.5. The molecule has 0 bridgehead atoms. The lowest BCUT2D eigenvalue weighted by molar-refractivity contribution is -0.142. The van der Waals surface area contributed by atoms with Gasteiger partial charge in [-0.25, -0.2) is 8.78 Å². The predicted octanol–water partition coefficient (Wildman–Crippen LogP) is 4.89. The minimum absolute atomic E-state index is 0.0532. The van der Waals surface area contributed by atoms with E-state index in [9.17, 15) is 20.3 Å². The average Bonchev–Trinajstić information content (AvgIpc) is 3.14. The molecule has 2 aromatic rings. The van der Waals surface area contributed by atoms with Gasteiger partial charge in [0.15, 0.2) is 0 Å². The molecule has 2 aliphatic heterocycles. The van der Waals surface area contributed by atoms with Crippen LogP contribution < -0.4 is 0 Å². The van der Waals surface area contributed by atoms with Gasteiger partial charge in [0.1, 0.15) is 17.0 Å². The molecule has 0 saturated carbocycles. The van der Waals surface area contributed by atoms with E-state index in [2.05, 4.69) is 6.07 Å². The molecule has 2 saturated heterocycles. The van der Waals surface area contributed by atoms with Gasteiger partial charge in [-0.3, -0.25) is 9.69 Å². The third-order valence-electron chi connectivity index (χ3n) is 7.91. The summed E-state index contributed by atoms with van der Waals surface area (Å²) < 4.78 is 31.6. The van der Waals surface area contributed by atoms with Crippen LogP contribution in [0.15, 0.2) is 36.4 Å². The van der Waals surface area contributed by atoms with E-state index in [1.165, 1.54) is 24.3 Å². The Hall–Kier alpha value is -2.28. The molecule has 6 nitrogen and oxygen atoms in total. The second-order valence-corrected chi connectivity index (χ2v) is 12.5. The molecular weight excluding hydrogens is 547 g/mol. The Bertz CT molecular complexity index is 1280. The van der Waals surface area contributed by atoms with Gasteiger partial charge in [0, 0.05) is 42.2 Å². The van der Waals surface area contributed by atoms with Crippen LogP contribution in [0.4, 0.5) is 8.78 Å². The highest BCUT2D eigenvalue weighted by molar-refractivity contribution is 6.31. The topological polar surface area (TPSA) is 87.8 Å². The van der Waals surface area contributed by atoms with Crippen molar-refractivity contribution >= 4 is 29.1 Å². The number of hydrogen-bond acceptors (Lipinski definition) is 5. The van der Waals surface area contributed by atoms with E-state index in [1.807, 2.05) is 25.7 Å². The summed E-state index contributed by atoms with van der Waals surface area (Å²) in [5.74, 6) is -2.90. The van der Waals surface area contributed by atoms with Crippen LogP contribution in [0.1, 0.15) is 50.7 Å². The third kappa shape index (κ3) is 5.40. The number of hydrogen-bond donors (Lipinski definition) is 2. The number of carbonyl (C=O) groups excluding carboxylic acids is 1. The normalized spacial score (nSPS) is 26.4. The number of amides is 1. The summed E-state index contributed by atoms with van der Waals surface area (Å²) >= 11 is 12.3. The molecule has 4 rings (SSSR count). The van der Waals surface area contributed by atoms with Crippen LogP contribution in [0.3, 0.4) is 0 Å². The minimum Gasteiger partial charge on any atom is -0.394 e. The van der Waals surface area contributed by atoms with Crippen molar-refractivity contribution < 1.29 is 23.8 Å². The Morgan fingerprint density at radius 3 is 2.54 bits per heavy atom. The van der Waals surface area contributed by atoms with Gasteiger partial charge < -0.3 is 15.1 Å². The van der Waals surface area contributed by atoms with Crippen molar-refractivity contribution in [1.82, 2.24) is 9.80 Å². The Balaban J connectivity index is 1.98. The highest BCUT2D eigenvalue weighted by Gasteiger charge is 2.66. The summed E-state index contributed by atoms with van der Waals surface area (Å²) in [5.41, 5.74) is -1.87. The zero-order valence-electron chi connectivity index (χ0n) is 22.2. The lowest BCUT2D eigenvalue weighted by Crippen LogP contribution is -2.58. The van der Waals surface area contributed by atoms with Crippen LogP contribution in [0.5, 0.6) is 0 Å². The maximum absolute atomic E-state index is 15.8. The van der Waals surface area contributed by atoms with Crippen molar-refractivity contribution in [3.63, 3.8) is 0 Å². The molecule has 0 aromatic heterocycles.